The van der Waals surface area contributed by atoms with Crippen molar-refractivity contribution in [3.8, 4) is 0 Å². The van der Waals surface area contributed by atoms with Crippen molar-refractivity contribution in [3.05, 3.63) is 23.8 Å². The predicted molar refractivity (Wildman–Crippen MR) is 74.4 cm³/mol. The lowest BCUT2D eigenvalue weighted by molar-refractivity contribution is -0.136. The van der Waals surface area contributed by atoms with E-state index in [4.69, 9.17) is 5.73 Å². The fourth-order valence-corrected chi connectivity index (χ4v) is 2.16. The maximum Gasteiger partial charge on any atom is 0.418 e. The molecule has 0 saturated carbocycles. The third-order valence-corrected chi connectivity index (χ3v) is 3.44. The maximum atomic E-state index is 12.9. The topological polar surface area (TPSA) is 58.3 Å². The predicted octanol–water partition coefficient (Wildman–Crippen LogP) is 3.50. The first kappa shape index (κ1) is 16.6. The van der Waals surface area contributed by atoms with Gasteiger partial charge < -0.3 is 16.2 Å². The van der Waals surface area contributed by atoms with Gasteiger partial charge in [-0.2, -0.15) is 13.2 Å². The highest BCUT2D eigenvalue weighted by atomic mass is 19.4. The van der Waals surface area contributed by atoms with E-state index in [9.17, 15) is 18.3 Å². The largest absolute Gasteiger partial charge is 0.418 e. The summed E-state index contributed by atoms with van der Waals surface area (Å²) < 4.78 is 38.7. The third-order valence-electron chi connectivity index (χ3n) is 3.44. The van der Waals surface area contributed by atoms with Gasteiger partial charge >= 0.3 is 6.18 Å². The van der Waals surface area contributed by atoms with Crippen molar-refractivity contribution in [2.24, 2.45) is 5.92 Å². The van der Waals surface area contributed by atoms with E-state index >= 15 is 0 Å². The van der Waals surface area contributed by atoms with Gasteiger partial charge in [-0.3, -0.25) is 0 Å². The van der Waals surface area contributed by atoms with Crippen molar-refractivity contribution in [2.75, 3.05) is 17.6 Å². The Morgan fingerprint density at radius 1 is 1.25 bits per heavy atom. The number of anilines is 2. The van der Waals surface area contributed by atoms with Gasteiger partial charge in [0, 0.05) is 17.9 Å². The lowest BCUT2D eigenvalue weighted by Crippen LogP contribution is -2.28. The molecule has 114 valence electrons. The van der Waals surface area contributed by atoms with Gasteiger partial charge in [0.2, 0.25) is 0 Å². The number of halogens is 3. The van der Waals surface area contributed by atoms with Gasteiger partial charge in [-0.15, -0.1) is 0 Å². The van der Waals surface area contributed by atoms with Gasteiger partial charge in [0.15, 0.2) is 0 Å². The number of nitrogen functional groups attached to an aromatic ring is 1. The van der Waals surface area contributed by atoms with Crippen LogP contribution in [0.5, 0.6) is 0 Å². The SMILES string of the molecule is CCC(CC)C(O)CNc1ccc(N)cc1C(F)(F)F. The van der Waals surface area contributed by atoms with E-state index in [-0.39, 0.29) is 23.8 Å². The van der Waals surface area contributed by atoms with Crippen LogP contribution in [0.25, 0.3) is 0 Å². The molecule has 0 aliphatic rings. The second kappa shape index (κ2) is 6.83. The molecule has 0 fully saturated rings. The summed E-state index contributed by atoms with van der Waals surface area (Å²) in [7, 11) is 0. The summed E-state index contributed by atoms with van der Waals surface area (Å²) in [4.78, 5) is 0. The van der Waals surface area contributed by atoms with Crippen molar-refractivity contribution >= 4 is 11.4 Å². The van der Waals surface area contributed by atoms with Crippen LogP contribution < -0.4 is 11.1 Å². The zero-order valence-electron chi connectivity index (χ0n) is 11.7. The van der Waals surface area contributed by atoms with Gasteiger partial charge in [-0.25, -0.2) is 0 Å². The minimum absolute atomic E-state index is 0.0586. The summed E-state index contributed by atoms with van der Waals surface area (Å²) in [5.74, 6) is 0.0746. The van der Waals surface area contributed by atoms with Crippen LogP contribution >= 0.6 is 0 Å². The highest BCUT2D eigenvalue weighted by molar-refractivity contribution is 5.59. The zero-order chi connectivity index (χ0) is 15.3. The van der Waals surface area contributed by atoms with Gasteiger partial charge in [-0.1, -0.05) is 26.7 Å². The fourth-order valence-electron chi connectivity index (χ4n) is 2.16. The Labute approximate surface area is 117 Å². The fraction of sp³-hybridized carbons (Fsp3) is 0.571. The molecule has 0 aliphatic heterocycles. The van der Waals surface area contributed by atoms with E-state index in [0.29, 0.717) is 0 Å². The molecule has 0 amide bonds. The molecule has 0 heterocycles. The van der Waals surface area contributed by atoms with Crippen molar-refractivity contribution < 1.29 is 18.3 Å². The molecule has 0 aliphatic carbocycles. The Morgan fingerprint density at radius 3 is 2.35 bits per heavy atom. The molecule has 6 heteroatoms. The Hall–Kier alpha value is -1.43. The molecule has 1 aromatic rings. The average Bonchev–Trinajstić information content (AvgIpc) is 2.37. The van der Waals surface area contributed by atoms with Crippen LogP contribution in [0.4, 0.5) is 24.5 Å². The Kier molecular flexibility index (Phi) is 5.68. The van der Waals surface area contributed by atoms with Gasteiger partial charge in [0.05, 0.1) is 11.7 Å². The van der Waals surface area contributed by atoms with Crippen LogP contribution in [0.1, 0.15) is 32.3 Å². The molecular formula is C14H21F3N2O. The number of alkyl halides is 3. The van der Waals surface area contributed by atoms with E-state index in [2.05, 4.69) is 5.32 Å². The average molecular weight is 290 g/mol. The summed E-state index contributed by atoms with van der Waals surface area (Å²) in [6.45, 7) is 3.98. The summed E-state index contributed by atoms with van der Waals surface area (Å²) in [5, 5.41) is 12.6. The first-order chi connectivity index (χ1) is 9.29. The van der Waals surface area contributed by atoms with Gasteiger partial charge in [-0.05, 0) is 24.1 Å². The molecule has 1 unspecified atom stereocenters. The number of aliphatic hydroxyl groups excluding tert-OH is 1. The quantitative estimate of drug-likeness (QED) is 0.703. The van der Waals surface area contributed by atoms with E-state index in [1.165, 1.54) is 12.1 Å². The minimum Gasteiger partial charge on any atom is -0.399 e. The second-order valence-electron chi connectivity index (χ2n) is 4.83. The second-order valence-corrected chi connectivity index (χ2v) is 4.83. The lowest BCUT2D eigenvalue weighted by atomic mass is 9.96. The molecule has 4 N–H and O–H groups in total. The first-order valence-electron chi connectivity index (χ1n) is 6.68. The summed E-state index contributed by atoms with van der Waals surface area (Å²) >= 11 is 0. The molecule has 0 spiro atoms. The number of rotatable bonds is 6. The molecule has 1 aromatic carbocycles. The van der Waals surface area contributed by atoms with Crippen molar-refractivity contribution in [1.29, 1.82) is 0 Å². The molecule has 0 radical (unpaired) electrons. The van der Waals surface area contributed by atoms with E-state index in [1.807, 2.05) is 13.8 Å². The first-order valence-corrected chi connectivity index (χ1v) is 6.68. The van der Waals surface area contributed by atoms with Crippen LogP contribution in [-0.2, 0) is 6.18 Å². The number of aliphatic hydroxyl groups is 1. The molecule has 0 bridgehead atoms. The monoisotopic (exact) mass is 290 g/mol. The molecule has 1 atom stereocenters. The number of nitrogens with one attached hydrogen (secondary N) is 1. The molecule has 0 saturated heterocycles. The number of hydrogen-bond acceptors (Lipinski definition) is 3. The third kappa shape index (κ3) is 4.30. The van der Waals surface area contributed by atoms with Crippen molar-refractivity contribution in [1.82, 2.24) is 0 Å². The van der Waals surface area contributed by atoms with Gasteiger partial charge in [0.1, 0.15) is 0 Å². The van der Waals surface area contributed by atoms with E-state index < -0.39 is 17.8 Å². The lowest BCUT2D eigenvalue weighted by Gasteiger charge is -2.22. The normalized spacial score (nSPS) is 13.6. The molecule has 20 heavy (non-hydrogen) atoms. The Morgan fingerprint density at radius 2 is 1.85 bits per heavy atom. The van der Waals surface area contributed by atoms with Gasteiger partial charge in [0.25, 0.3) is 0 Å². The Balaban J connectivity index is 2.83. The highest BCUT2D eigenvalue weighted by Gasteiger charge is 2.33. The van der Waals surface area contributed by atoms with Crippen LogP contribution in [0.15, 0.2) is 18.2 Å². The molecule has 3 nitrogen and oxygen atoms in total. The molecular weight excluding hydrogens is 269 g/mol. The zero-order valence-corrected chi connectivity index (χ0v) is 11.7. The smallest absolute Gasteiger partial charge is 0.399 e. The van der Waals surface area contributed by atoms with Crippen LogP contribution in [0.3, 0.4) is 0 Å². The molecule has 0 aromatic heterocycles. The van der Waals surface area contributed by atoms with E-state index in [0.717, 1.165) is 18.9 Å². The summed E-state index contributed by atoms with van der Waals surface area (Å²) in [5.41, 5.74) is 4.58. The summed E-state index contributed by atoms with van der Waals surface area (Å²) in [6.07, 6.45) is -3.58. The standard InChI is InChI=1S/C14H21F3N2O/c1-3-9(4-2)13(20)8-19-12-6-5-10(18)7-11(12)14(15,16)17/h5-7,9,13,19-20H,3-4,8,18H2,1-2H3. The van der Waals surface area contributed by atoms with Crippen LogP contribution in [0.2, 0.25) is 0 Å². The van der Waals surface area contributed by atoms with Crippen LogP contribution in [-0.4, -0.2) is 17.8 Å². The highest BCUT2D eigenvalue weighted by Crippen LogP contribution is 2.36. The van der Waals surface area contributed by atoms with Crippen molar-refractivity contribution in [3.63, 3.8) is 0 Å². The molecule has 1 rings (SSSR count). The van der Waals surface area contributed by atoms with Crippen LogP contribution in [0, 0.1) is 5.92 Å². The van der Waals surface area contributed by atoms with E-state index in [1.54, 1.807) is 0 Å². The minimum atomic E-state index is -4.47. The number of nitrogens with two attached hydrogens (primary N) is 1. The van der Waals surface area contributed by atoms with Crippen molar-refractivity contribution in [2.45, 2.75) is 39.0 Å². The number of benzene rings is 1. The maximum absolute atomic E-state index is 12.9. The number of hydrogen-bond donors (Lipinski definition) is 3. The summed E-state index contributed by atoms with van der Waals surface area (Å²) in [6, 6.07) is 3.59. The Bertz CT molecular complexity index is 431.